The molecule has 1 aliphatic heterocycles. The van der Waals surface area contributed by atoms with Crippen LogP contribution in [-0.2, 0) is 10.4 Å². The fourth-order valence-corrected chi connectivity index (χ4v) is 2.19. The van der Waals surface area contributed by atoms with Crippen LogP contribution >= 0.6 is 0 Å². The Hall–Kier alpha value is -1.95. The van der Waals surface area contributed by atoms with E-state index in [-0.39, 0.29) is 12.0 Å². The van der Waals surface area contributed by atoms with E-state index in [1.54, 1.807) is 25.1 Å². The first-order valence-corrected chi connectivity index (χ1v) is 5.28. The molecule has 0 aromatic heterocycles. The Morgan fingerprint density at radius 3 is 2.76 bits per heavy atom. The second-order valence-corrected chi connectivity index (χ2v) is 3.98. The highest BCUT2D eigenvalue weighted by Crippen LogP contribution is 2.39. The Balaban J connectivity index is 2.57. The van der Waals surface area contributed by atoms with Gasteiger partial charge in [-0.05, 0) is 6.07 Å². The zero-order chi connectivity index (χ0) is 12.6. The number of para-hydroxylation sites is 1. The molecule has 1 aliphatic rings. The molecule has 0 fully saturated rings. The number of rotatable bonds is 3. The number of nitrogens with zero attached hydrogens (tertiary/aromatic N) is 1. The highest BCUT2D eigenvalue weighted by molar-refractivity contribution is 6.05. The molecule has 0 spiro atoms. The van der Waals surface area contributed by atoms with Crippen LogP contribution in [0.2, 0.25) is 0 Å². The molecule has 0 saturated carbocycles. The van der Waals surface area contributed by atoms with Crippen molar-refractivity contribution < 1.29 is 14.8 Å². The van der Waals surface area contributed by atoms with E-state index in [4.69, 9.17) is 0 Å². The number of benzene rings is 1. The summed E-state index contributed by atoms with van der Waals surface area (Å²) in [7, 11) is 0. The number of nitrogens with one attached hydrogen (secondary N) is 1. The topological polar surface area (TPSA) is 92.5 Å². The Morgan fingerprint density at radius 2 is 2.18 bits per heavy atom. The number of amides is 1. The molecule has 1 aromatic rings. The summed E-state index contributed by atoms with van der Waals surface area (Å²) in [5.41, 5.74) is -1.37. The molecule has 0 radical (unpaired) electrons. The van der Waals surface area contributed by atoms with E-state index in [2.05, 4.69) is 5.32 Å². The third-order valence-corrected chi connectivity index (χ3v) is 3.06. The number of hydrogen-bond acceptors (Lipinski definition) is 4. The summed E-state index contributed by atoms with van der Waals surface area (Å²) >= 11 is 0. The molecule has 6 nitrogen and oxygen atoms in total. The van der Waals surface area contributed by atoms with E-state index >= 15 is 0 Å². The number of hydrogen-bond donors (Lipinski definition) is 2. The van der Waals surface area contributed by atoms with Gasteiger partial charge >= 0.3 is 0 Å². The van der Waals surface area contributed by atoms with Crippen LogP contribution in [0.3, 0.4) is 0 Å². The quantitative estimate of drug-likeness (QED) is 0.602. The average molecular weight is 236 g/mol. The first-order chi connectivity index (χ1) is 8.01. The monoisotopic (exact) mass is 236 g/mol. The Labute approximate surface area is 97.4 Å². The molecule has 0 saturated heterocycles. The molecule has 90 valence electrons. The summed E-state index contributed by atoms with van der Waals surface area (Å²) in [6.07, 6.45) is 0.0747. The minimum Gasteiger partial charge on any atom is -0.370 e. The van der Waals surface area contributed by atoms with E-state index < -0.39 is 22.5 Å². The normalized spacial score (nSPS) is 24.0. The smallest absolute Gasteiger partial charge is 0.268 e. The van der Waals surface area contributed by atoms with Crippen LogP contribution in [0.4, 0.5) is 5.69 Å². The second kappa shape index (κ2) is 3.81. The highest BCUT2D eigenvalue weighted by atomic mass is 16.6. The van der Waals surface area contributed by atoms with E-state index in [9.17, 15) is 20.0 Å². The number of carbonyl (C=O) groups is 1. The predicted octanol–water partition coefficient (Wildman–Crippen LogP) is 0.882. The van der Waals surface area contributed by atoms with Gasteiger partial charge in [-0.25, -0.2) is 0 Å². The number of anilines is 1. The van der Waals surface area contributed by atoms with Gasteiger partial charge in [0.15, 0.2) is 0 Å². The number of nitro groups is 1. The summed E-state index contributed by atoms with van der Waals surface area (Å²) in [6.45, 7) is 1.57. The molecule has 17 heavy (non-hydrogen) atoms. The molecule has 6 heteroatoms. The lowest BCUT2D eigenvalue weighted by molar-refractivity contribution is -0.543. The summed E-state index contributed by atoms with van der Waals surface area (Å²) in [5, 5.41) is 23.8. The lowest BCUT2D eigenvalue weighted by Crippen LogP contribution is -2.49. The van der Waals surface area contributed by atoms with Gasteiger partial charge in [0.1, 0.15) is 0 Å². The zero-order valence-corrected chi connectivity index (χ0v) is 9.21. The molecule has 2 atom stereocenters. The van der Waals surface area contributed by atoms with Gasteiger partial charge in [0, 0.05) is 22.6 Å². The fourth-order valence-electron chi connectivity index (χ4n) is 2.19. The first kappa shape index (κ1) is 11.5. The average Bonchev–Trinajstić information content (AvgIpc) is 2.53. The van der Waals surface area contributed by atoms with Gasteiger partial charge in [-0.1, -0.05) is 25.1 Å². The first-order valence-electron chi connectivity index (χ1n) is 5.28. The molecular weight excluding hydrogens is 224 g/mol. The highest BCUT2D eigenvalue weighted by Gasteiger charge is 2.56. The maximum Gasteiger partial charge on any atom is 0.268 e. The van der Waals surface area contributed by atoms with Gasteiger partial charge in [-0.3, -0.25) is 14.9 Å². The Morgan fingerprint density at radius 1 is 1.53 bits per heavy atom. The number of aliphatic hydroxyl groups is 1. The fraction of sp³-hybridized carbons (Fsp3) is 0.364. The van der Waals surface area contributed by atoms with Crippen molar-refractivity contribution in [1.82, 2.24) is 0 Å². The van der Waals surface area contributed by atoms with E-state index in [0.29, 0.717) is 5.69 Å². The number of fused-ring (bicyclic) bond motifs is 1. The minimum atomic E-state index is -2.07. The van der Waals surface area contributed by atoms with E-state index in [0.717, 1.165) is 0 Å². The molecule has 0 bridgehead atoms. The molecule has 2 unspecified atom stereocenters. The van der Waals surface area contributed by atoms with Crippen LogP contribution in [0.25, 0.3) is 0 Å². The Kier molecular flexibility index (Phi) is 2.59. The Bertz CT molecular complexity index is 488. The van der Waals surface area contributed by atoms with Crippen molar-refractivity contribution in [3.05, 3.63) is 39.9 Å². The van der Waals surface area contributed by atoms with Crippen LogP contribution < -0.4 is 5.32 Å². The van der Waals surface area contributed by atoms with E-state index in [1.165, 1.54) is 6.07 Å². The van der Waals surface area contributed by atoms with Gasteiger partial charge in [0.2, 0.25) is 5.60 Å². The maximum atomic E-state index is 11.8. The lowest BCUT2D eigenvalue weighted by atomic mass is 9.86. The number of carbonyl (C=O) groups excluding carboxylic acids is 1. The zero-order valence-electron chi connectivity index (χ0n) is 9.21. The van der Waals surface area contributed by atoms with Gasteiger partial charge in [0.05, 0.1) is 0 Å². The molecule has 1 aromatic carbocycles. The molecule has 2 rings (SSSR count). The van der Waals surface area contributed by atoms with Gasteiger partial charge in [-0.15, -0.1) is 0 Å². The molecular formula is C11H12N2O4. The molecule has 1 heterocycles. The second-order valence-electron chi connectivity index (χ2n) is 3.98. The molecule has 2 N–H and O–H groups in total. The van der Waals surface area contributed by atoms with Crippen LogP contribution in [0.1, 0.15) is 18.9 Å². The summed E-state index contributed by atoms with van der Waals surface area (Å²) in [4.78, 5) is 22.1. The van der Waals surface area contributed by atoms with Gasteiger partial charge in [0.25, 0.3) is 11.9 Å². The minimum absolute atomic E-state index is 0.0747. The third kappa shape index (κ3) is 1.49. The molecule has 0 aliphatic carbocycles. The largest absolute Gasteiger partial charge is 0.370 e. The van der Waals surface area contributed by atoms with Gasteiger partial charge < -0.3 is 10.4 Å². The lowest BCUT2D eigenvalue weighted by Gasteiger charge is -2.23. The van der Waals surface area contributed by atoms with Crippen molar-refractivity contribution in [2.45, 2.75) is 25.0 Å². The molecule has 1 amide bonds. The van der Waals surface area contributed by atoms with Crippen molar-refractivity contribution in [3.8, 4) is 0 Å². The third-order valence-electron chi connectivity index (χ3n) is 3.06. The van der Waals surface area contributed by atoms with Crippen LogP contribution in [0.5, 0.6) is 0 Å². The van der Waals surface area contributed by atoms with Gasteiger partial charge in [-0.2, -0.15) is 0 Å². The van der Waals surface area contributed by atoms with Crippen LogP contribution in [-0.4, -0.2) is 22.0 Å². The van der Waals surface area contributed by atoms with E-state index in [1.807, 2.05) is 0 Å². The predicted molar refractivity (Wildman–Crippen MR) is 60.0 cm³/mol. The SMILES string of the molecule is CCC([N+](=O)[O-])C1(O)C(=O)Nc2ccccc21. The van der Waals surface area contributed by atoms with Crippen molar-refractivity contribution in [2.75, 3.05) is 5.32 Å². The summed E-state index contributed by atoms with van der Waals surface area (Å²) < 4.78 is 0. The van der Waals surface area contributed by atoms with Crippen LogP contribution in [0, 0.1) is 10.1 Å². The van der Waals surface area contributed by atoms with Crippen molar-refractivity contribution in [3.63, 3.8) is 0 Å². The standard InChI is InChI=1S/C11H12N2O4/c1-2-9(13(16)17)11(15)7-5-3-4-6-8(7)12-10(11)14/h3-6,9,15H,2H2,1H3,(H,12,14). The van der Waals surface area contributed by atoms with Crippen LogP contribution in [0.15, 0.2) is 24.3 Å². The maximum absolute atomic E-state index is 11.8. The van der Waals surface area contributed by atoms with Crippen molar-refractivity contribution in [2.24, 2.45) is 0 Å². The van der Waals surface area contributed by atoms with Crippen molar-refractivity contribution >= 4 is 11.6 Å². The summed E-state index contributed by atoms with van der Waals surface area (Å²) in [6, 6.07) is 5.12. The van der Waals surface area contributed by atoms with Crippen molar-refractivity contribution in [1.29, 1.82) is 0 Å². The summed E-state index contributed by atoms with van der Waals surface area (Å²) in [5.74, 6) is -0.734.